The number of sulfonamides is 1. The van der Waals surface area contributed by atoms with E-state index in [1.54, 1.807) is 19.2 Å². The van der Waals surface area contributed by atoms with Crippen molar-refractivity contribution in [2.45, 2.75) is 4.90 Å². The van der Waals surface area contributed by atoms with Gasteiger partial charge in [0.15, 0.2) is 5.13 Å². The Hall–Kier alpha value is -2.78. The van der Waals surface area contributed by atoms with Crippen molar-refractivity contribution in [3.63, 3.8) is 0 Å². The number of rotatable bonds is 5. The quantitative estimate of drug-likeness (QED) is 0.685. The average molecular weight is 418 g/mol. The Labute approximate surface area is 167 Å². The van der Waals surface area contributed by atoms with Crippen LogP contribution in [-0.2, 0) is 10.0 Å². The Kier molecular flexibility index (Phi) is 4.86. The summed E-state index contributed by atoms with van der Waals surface area (Å²) in [6, 6.07) is 12.3. The van der Waals surface area contributed by atoms with E-state index in [2.05, 4.69) is 9.71 Å². The minimum absolute atomic E-state index is 0.171. The monoisotopic (exact) mass is 417 g/mol. The van der Waals surface area contributed by atoms with Gasteiger partial charge in [0.1, 0.15) is 18.1 Å². The number of anilines is 2. The van der Waals surface area contributed by atoms with E-state index in [-0.39, 0.29) is 4.90 Å². The van der Waals surface area contributed by atoms with E-state index in [1.807, 2.05) is 41.6 Å². The van der Waals surface area contributed by atoms with Gasteiger partial charge in [-0.25, -0.2) is 13.4 Å². The number of thiazole rings is 1. The first kappa shape index (κ1) is 18.6. The van der Waals surface area contributed by atoms with Crippen LogP contribution in [0.2, 0.25) is 0 Å². The third-order valence-electron chi connectivity index (χ3n) is 4.45. The van der Waals surface area contributed by atoms with Crippen LogP contribution in [0.3, 0.4) is 0 Å². The fourth-order valence-corrected chi connectivity index (χ4v) is 4.88. The van der Waals surface area contributed by atoms with Crippen molar-refractivity contribution in [1.82, 2.24) is 4.98 Å². The van der Waals surface area contributed by atoms with Crippen LogP contribution in [0.5, 0.6) is 11.5 Å². The molecule has 1 N–H and O–H groups in total. The first-order valence-electron chi connectivity index (χ1n) is 8.57. The van der Waals surface area contributed by atoms with E-state index >= 15 is 0 Å². The minimum atomic E-state index is -3.75. The molecule has 0 unspecified atom stereocenters. The molecule has 1 aliphatic rings. The molecule has 0 spiro atoms. The highest BCUT2D eigenvalue weighted by Gasteiger charge is 2.22. The Morgan fingerprint density at radius 3 is 2.75 bits per heavy atom. The van der Waals surface area contributed by atoms with Gasteiger partial charge >= 0.3 is 0 Å². The number of likely N-dealkylation sites (N-methyl/N-ethyl adjacent to an activating group) is 1. The van der Waals surface area contributed by atoms with Gasteiger partial charge in [-0.1, -0.05) is 0 Å². The van der Waals surface area contributed by atoms with Crippen molar-refractivity contribution in [1.29, 1.82) is 0 Å². The van der Waals surface area contributed by atoms with Gasteiger partial charge in [0, 0.05) is 18.0 Å². The van der Waals surface area contributed by atoms with Crippen LogP contribution < -0.4 is 19.1 Å². The van der Waals surface area contributed by atoms with Crippen molar-refractivity contribution < 1.29 is 17.9 Å². The summed E-state index contributed by atoms with van der Waals surface area (Å²) in [4.78, 5) is 6.55. The SMILES string of the molecule is COc1ccc(-c2csc(NS(=O)(=O)c3ccc4c(c3)N(C)CCO4)n2)cc1. The summed E-state index contributed by atoms with van der Waals surface area (Å²) < 4.78 is 38.9. The molecule has 0 bridgehead atoms. The zero-order valence-corrected chi connectivity index (χ0v) is 17.0. The van der Waals surface area contributed by atoms with E-state index in [0.29, 0.717) is 29.7 Å². The Bertz CT molecular complexity index is 1090. The summed E-state index contributed by atoms with van der Waals surface area (Å²) in [5.74, 6) is 1.44. The third-order valence-corrected chi connectivity index (χ3v) is 6.67. The lowest BCUT2D eigenvalue weighted by molar-refractivity contribution is 0.311. The zero-order chi connectivity index (χ0) is 19.7. The maximum Gasteiger partial charge on any atom is 0.263 e. The van der Waals surface area contributed by atoms with Crippen LogP contribution in [0.1, 0.15) is 0 Å². The highest BCUT2D eigenvalue weighted by molar-refractivity contribution is 7.93. The average Bonchev–Trinajstić information content (AvgIpc) is 3.16. The summed E-state index contributed by atoms with van der Waals surface area (Å²) in [7, 11) is -0.238. The molecule has 0 saturated carbocycles. The molecule has 1 aromatic heterocycles. The molecule has 0 saturated heterocycles. The number of methoxy groups -OCH3 is 1. The van der Waals surface area contributed by atoms with E-state index in [1.165, 1.54) is 17.4 Å². The summed E-state index contributed by atoms with van der Waals surface area (Å²) in [6.45, 7) is 1.29. The van der Waals surface area contributed by atoms with Crippen LogP contribution in [0.15, 0.2) is 52.7 Å². The summed E-state index contributed by atoms with van der Waals surface area (Å²) >= 11 is 1.24. The van der Waals surface area contributed by atoms with Gasteiger partial charge in [-0.05, 0) is 42.5 Å². The molecular weight excluding hydrogens is 398 g/mol. The van der Waals surface area contributed by atoms with E-state index in [4.69, 9.17) is 9.47 Å². The van der Waals surface area contributed by atoms with Gasteiger partial charge in [0.25, 0.3) is 10.0 Å². The first-order chi connectivity index (χ1) is 13.5. The molecule has 1 aliphatic heterocycles. The molecule has 2 heterocycles. The topological polar surface area (TPSA) is 80.8 Å². The normalized spacial score (nSPS) is 13.6. The van der Waals surface area contributed by atoms with Gasteiger partial charge in [0.05, 0.1) is 29.9 Å². The standard InChI is InChI=1S/C19H19N3O4S2/c1-22-9-10-26-18-8-7-15(11-17(18)22)28(23,24)21-19-20-16(12-27-19)13-3-5-14(25-2)6-4-13/h3-8,11-12H,9-10H2,1-2H3,(H,20,21). The molecule has 0 aliphatic carbocycles. The van der Waals surface area contributed by atoms with E-state index in [9.17, 15) is 8.42 Å². The molecule has 0 atom stereocenters. The second-order valence-corrected chi connectivity index (χ2v) is 8.81. The Morgan fingerprint density at radius 2 is 2.00 bits per heavy atom. The molecule has 146 valence electrons. The number of benzene rings is 2. The van der Waals surface area contributed by atoms with Gasteiger partial charge < -0.3 is 14.4 Å². The molecule has 28 heavy (non-hydrogen) atoms. The highest BCUT2D eigenvalue weighted by atomic mass is 32.2. The molecule has 3 aromatic rings. The second-order valence-electron chi connectivity index (χ2n) is 6.27. The fraction of sp³-hybridized carbons (Fsp3) is 0.211. The molecule has 2 aromatic carbocycles. The number of fused-ring (bicyclic) bond motifs is 1. The largest absolute Gasteiger partial charge is 0.497 e. The zero-order valence-electron chi connectivity index (χ0n) is 15.4. The number of nitrogens with one attached hydrogen (secondary N) is 1. The van der Waals surface area contributed by atoms with E-state index < -0.39 is 10.0 Å². The molecule has 0 fully saturated rings. The number of nitrogens with zero attached hydrogens (tertiary/aromatic N) is 2. The van der Waals surface area contributed by atoms with Gasteiger partial charge in [-0.15, -0.1) is 11.3 Å². The van der Waals surface area contributed by atoms with Crippen LogP contribution >= 0.6 is 11.3 Å². The predicted molar refractivity (Wildman–Crippen MR) is 110 cm³/mol. The van der Waals surface area contributed by atoms with Gasteiger partial charge in [-0.3, -0.25) is 4.72 Å². The van der Waals surface area contributed by atoms with Crippen LogP contribution in [-0.4, -0.2) is 40.7 Å². The maximum atomic E-state index is 12.8. The maximum absolute atomic E-state index is 12.8. The Balaban J connectivity index is 1.57. The molecule has 4 rings (SSSR count). The van der Waals surface area contributed by atoms with Crippen LogP contribution in [0, 0.1) is 0 Å². The molecular formula is C19H19N3O4S2. The number of hydrogen-bond donors (Lipinski definition) is 1. The molecule has 0 radical (unpaired) electrons. The summed E-state index contributed by atoms with van der Waals surface area (Å²) in [6.07, 6.45) is 0. The van der Waals surface area contributed by atoms with Crippen LogP contribution in [0.25, 0.3) is 11.3 Å². The van der Waals surface area contributed by atoms with Crippen molar-refractivity contribution in [2.24, 2.45) is 0 Å². The Morgan fingerprint density at radius 1 is 1.21 bits per heavy atom. The molecule has 7 nitrogen and oxygen atoms in total. The van der Waals surface area contributed by atoms with Crippen molar-refractivity contribution in [3.05, 3.63) is 47.8 Å². The van der Waals surface area contributed by atoms with Crippen molar-refractivity contribution in [3.8, 4) is 22.8 Å². The first-order valence-corrected chi connectivity index (χ1v) is 10.9. The second kappa shape index (κ2) is 7.33. The summed E-state index contributed by atoms with van der Waals surface area (Å²) in [5, 5.41) is 2.13. The van der Waals surface area contributed by atoms with Gasteiger partial charge in [0.2, 0.25) is 0 Å². The summed E-state index contributed by atoms with van der Waals surface area (Å²) in [5.41, 5.74) is 2.34. The smallest absolute Gasteiger partial charge is 0.263 e. The lowest BCUT2D eigenvalue weighted by atomic mass is 10.2. The predicted octanol–water partition coefficient (Wildman–Crippen LogP) is 3.45. The number of aromatic nitrogens is 1. The number of hydrogen-bond acceptors (Lipinski definition) is 7. The molecule has 0 amide bonds. The van der Waals surface area contributed by atoms with Gasteiger partial charge in [-0.2, -0.15) is 0 Å². The minimum Gasteiger partial charge on any atom is -0.497 e. The number of ether oxygens (including phenoxy) is 2. The van der Waals surface area contributed by atoms with E-state index in [0.717, 1.165) is 17.0 Å². The van der Waals surface area contributed by atoms with Crippen molar-refractivity contribution in [2.75, 3.05) is 36.9 Å². The fourth-order valence-electron chi connectivity index (χ4n) is 2.89. The van der Waals surface area contributed by atoms with Crippen LogP contribution in [0.4, 0.5) is 10.8 Å². The molecule has 9 heteroatoms. The highest BCUT2D eigenvalue weighted by Crippen LogP contribution is 2.34. The lowest BCUT2D eigenvalue weighted by Gasteiger charge is -2.27. The lowest BCUT2D eigenvalue weighted by Crippen LogP contribution is -2.29. The third kappa shape index (κ3) is 3.63. The van der Waals surface area contributed by atoms with Crippen molar-refractivity contribution >= 4 is 32.2 Å².